The first kappa shape index (κ1) is 48.7. The van der Waals surface area contributed by atoms with Crippen LogP contribution in [0.1, 0.15) is 224 Å². The summed E-state index contributed by atoms with van der Waals surface area (Å²) in [6, 6.07) is 26.3. The molecule has 58 heavy (non-hydrogen) atoms. The number of esters is 2. The highest BCUT2D eigenvalue weighted by Crippen LogP contribution is 2.36. The van der Waals surface area contributed by atoms with Crippen LogP contribution in [0.4, 0.5) is 0 Å². The molecule has 0 spiro atoms. The van der Waals surface area contributed by atoms with Crippen LogP contribution in [-0.4, -0.2) is 11.9 Å². The Balaban J connectivity index is 1.44. The van der Waals surface area contributed by atoms with Gasteiger partial charge in [0.15, 0.2) is 0 Å². The molecule has 3 aromatic rings. The summed E-state index contributed by atoms with van der Waals surface area (Å²) in [7, 11) is 0. The monoisotopic (exact) mass is 793 g/mol. The summed E-state index contributed by atoms with van der Waals surface area (Å²) in [5.74, 6) is 0.825. The standard InChI is InChI=1S/C54H80O4/c1-4-7-9-11-13-15-17-19-21-23-25-27-32-36-52(55)57-49-42-38-47(39-43-49)54(51(6-3)46-34-30-29-31-35-46)48-40-44-50(45-41-48)58-53(56)37-33-28-26-24-22-20-18-16-14-12-10-8-5-2/h29-31,34-35,38-45H,4-28,32-33,36-37H2,1-3H3. The maximum Gasteiger partial charge on any atom is 0.311 e. The topological polar surface area (TPSA) is 52.6 Å². The summed E-state index contributed by atoms with van der Waals surface area (Å²) in [4.78, 5) is 25.4. The van der Waals surface area contributed by atoms with E-state index in [1.54, 1.807) is 0 Å². The van der Waals surface area contributed by atoms with Gasteiger partial charge in [-0.15, -0.1) is 0 Å². The lowest BCUT2D eigenvalue weighted by atomic mass is 9.88. The van der Waals surface area contributed by atoms with Gasteiger partial charge in [-0.25, -0.2) is 0 Å². The molecule has 0 atom stereocenters. The molecule has 0 bridgehead atoms. The van der Waals surface area contributed by atoms with Crippen LogP contribution in [0.5, 0.6) is 11.5 Å². The summed E-state index contributed by atoms with van der Waals surface area (Å²) in [5, 5.41) is 0. The Hall–Kier alpha value is -3.66. The molecule has 0 saturated carbocycles. The summed E-state index contributed by atoms with van der Waals surface area (Å²) >= 11 is 0. The van der Waals surface area contributed by atoms with Gasteiger partial charge in [-0.1, -0.05) is 229 Å². The summed E-state index contributed by atoms with van der Waals surface area (Å²) in [5.41, 5.74) is 5.60. The zero-order valence-corrected chi connectivity index (χ0v) is 37.1. The number of ether oxygens (including phenoxy) is 2. The van der Waals surface area contributed by atoms with Gasteiger partial charge in [-0.2, -0.15) is 0 Å². The van der Waals surface area contributed by atoms with Crippen LogP contribution in [0.25, 0.3) is 11.1 Å². The quantitative estimate of drug-likeness (QED) is 0.0262. The highest BCUT2D eigenvalue weighted by molar-refractivity contribution is 5.98. The first-order valence-corrected chi connectivity index (χ1v) is 24.0. The van der Waals surface area contributed by atoms with Crippen LogP contribution in [0.3, 0.4) is 0 Å². The molecule has 0 amide bonds. The van der Waals surface area contributed by atoms with Crippen molar-refractivity contribution in [1.82, 2.24) is 0 Å². The van der Waals surface area contributed by atoms with Crippen LogP contribution >= 0.6 is 0 Å². The Morgan fingerprint density at radius 3 is 0.983 bits per heavy atom. The Labute approximate surface area is 355 Å². The van der Waals surface area contributed by atoms with Crippen molar-refractivity contribution in [1.29, 1.82) is 0 Å². The van der Waals surface area contributed by atoms with Gasteiger partial charge in [0, 0.05) is 12.8 Å². The molecule has 4 nitrogen and oxygen atoms in total. The molecule has 0 heterocycles. The van der Waals surface area contributed by atoms with E-state index in [4.69, 9.17) is 9.47 Å². The van der Waals surface area contributed by atoms with Gasteiger partial charge in [-0.3, -0.25) is 9.59 Å². The van der Waals surface area contributed by atoms with Gasteiger partial charge < -0.3 is 9.47 Å². The number of unbranched alkanes of at least 4 members (excludes halogenated alkanes) is 24. The third kappa shape index (κ3) is 21.4. The highest BCUT2D eigenvalue weighted by atomic mass is 16.5. The molecule has 0 aliphatic carbocycles. The smallest absolute Gasteiger partial charge is 0.311 e. The van der Waals surface area contributed by atoms with Gasteiger partial charge in [0.25, 0.3) is 0 Å². The third-order valence-electron chi connectivity index (χ3n) is 11.5. The number of hydrogen-bond acceptors (Lipinski definition) is 4. The fraction of sp³-hybridized carbons (Fsp3) is 0.593. The van der Waals surface area contributed by atoms with Crippen LogP contribution in [0.15, 0.2) is 78.9 Å². The van der Waals surface area contributed by atoms with E-state index in [1.165, 1.54) is 152 Å². The van der Waals surface area contributed by atoms with Crippen molar-refractivity contribution >= 4 is 23.1 Å². The second-order valence-corrected chi connectivity index (χ2v) is 16.6. The van der Waals surface area contributed by atoms with E-state index in [1.807, 2.05) is 54.6 Å². The van der Waals surface area contributed by atoms with Crippen molar-refractivity contribution in [3.05, 3.63) is 95.6 Å². The van der Waals surface area contributed by atoms with E-state index >= 15 is 0 Å². The zero-order valence-electron chi connectivity index (χ0n) is 37.1. The normalized spacial score (nSPS) is 11.1. The molecule has 0 fully saturated rings. The molecule has 0 aromatic heterocycles. The van der Waals surface area contributed by atoms with Crippen LogP contribution in [0, 0.1) is 0 Å². The number of benzene rings is 3. The minimum Gasteiger partial charge on any atom is -0.427 e. The maximum atomic E-state index is 12.7. The largest absolute Gasteiger partial charge is 0.427 e. The fourth-order valence-corrected chi connectivity index (χ4v) is 8.00. The lowest BCUT2D eigenvalue weighted by molar-refractivity contribution is -0.135. The minimum absolute atomic E-state index is 0.163. The number of hydrogen-bond donors (Lipinski definition) is 0. The molecule has 0 saturated heterocycles. The van der Waals surface area contributed by atoms with E-state index in [0.717, 1.165) is 48.8 Å². The molecule has 0 N–H and O–H groups in total. The van der Waals surface area contributed by atoms with Crippen LogP contribution in [-0.2, 0) is 9.59 Å². The molecular formula is C54H80O4. The van der Waals surface area contributed by atoms with Crippen molar-refractivity contribution < 1.29 is 19.1 Å². The first-order chi connectivity index (χ1) is 28.5. The Morgan fingerprint density at radius 2 is 0.672 bits per heavy atom. The van der Waals surface area contributed by atoms with Crippen molar-refractivity contribution in [2.75, 3.05) is 0 Å². The lowest BCUT2D eigenvalue weighted by Gasteiger charge is -2.17. The number of carbonyl (C=O) groups is 2. The summed E-state index contributed by atoms with van der Waals surface area (Å²) in [6.07, 6.45) is 35.1. The third-order valence-corrected chi connectivity index (χ3v) is 11.5. The van der Waals surface area contributed by atoms with Gasteiger partial charge >= 0.3 is 11.9 Å². The average Bonchev–Trinajstić information content (AvgIpc) is 3.24. The summed E-state index contributed by atoms with van der Waals surface area (Å²) in [6.45, 7) is 6.73. The Bertz CT molecular complexity index is 1420. The van der Waals surface area contributed by atoms with Crippen molar-refractivity contribution in [3.8, 4) is 11.5 Å². The lowest BCUT2D eigenvalue weighted by Crippen LogP contribution is -2.07. The highest BCUT2D eigenvalue weighted by Gasteiger charge is 2.15. The van der Waals surface area contributed by atoms with E-state index in [2.05, 4.69) is 45.0 Å². The fourth-order valence-electron chi connectivity index (χ4n) is 8.00. The van der Waals surface area contributed by atoms with Crippen LogP contribution in [0.2, 0.25) is 0 Å². The molecular weight excluding hydrogens is 713 g/mol. The SMILES string of the molecule is CCCCCCCCCCCCCCCC(=O)Oc1ccc(C(=C(CC)c2ccccc2)c2ccc(OC(=O)CCCCCCCCCCCCCCC)cc2)cc1. The number of rotatable bonds is 34. The first-order valence-electron chi connectivity index (χ1n) is 24.0. The molecule has 320 valence electrons. The van der Waals surface area contributed by atoms with E-state index in [0.29, 0.717) is 24.3 Å². The van der Waals surface area contributed by atoms with Crippen molar-refractivity contribution in [3.63, 3.8) is 0 Å². The molecule has 3 rings (SSSR count). The van der Waals surface area contributed by atoms with E-state index in [-0.39, 0.29) is 11.9 Å². The second kappa shape index (κ2) is 32.2. The second-order valence-electron chi connectivity index (χ2n) is 16.6. The number of allylic oxidation sites excluding steroid dienone is 1. The number of carbonyl (C=O) groups excluding carboxylic acids is 2. The van der Waals surface area contributed by atoms with Crippen LogP contribution < -0.4 is 9.47 Å². The maximum absolute atomic E-state index is 12.7. The van der Waals surface area contributed by atoms with Crippen molar-refractivity contribution in [2.24, 2.45) is 0 Å². The predicted octanol–water partition coefficient (Wildman–Crippen LogP) is 16.8. The molecule has 0 unspecified atom stereocenters. The average molecular weight is 793 g/mol. The summed E-state index contributed by atoms with van der Waals surface area (Å²) < 4.78 is 11.5. The molecule has 0 aliphatic rings. The van der Waals surface area contributed by atoms with Gasteiger partial charge in [0.1, 0.15) is 11.5 Å². The molecule has 0 radical (unpaired) electrons. The van der Waals surface area contributed by atoms with Gasteiger partial charge in [-0.05, 0) is 71.4 Å². The van der Waals surface area contributed by atoms with Crippen molar-refractivity contribution in [2.45, 2.75) is 207 Å². The predicted molar refractivity (Wildman–Crippen MR) is 247 cm³/mol. The molecule has 4 heteroatoms. The van der Waals surface area contributed by atoms with Gasteiger partial charge in [0.05, 0.1) is 0 Å². The van der Waals surface area contributed by atoms with E-state index in [9.17, 15) is 9.59 Å². The van der Waals surface area contributed by atoms with E-state index < -0.39 is 0 Å². The zero-order chi connectivity index (χ0) is 41.3. The molecule has 0 aliphatic heterocycles. The van der Waals surface area contributed by atoms with Gasteiger partial charge in [0.2, 0.25) is 0 Å². The minimum atomic E-state index is -0.163. The molecule has 3 aromatic carbocycles. The Kier molecular flexibility index (Phi) is 27.1. The Morgan fingerprint density at radius 1 is 0.362 bits per heavy atom.